The number of anilines is 2. The van der Waals surface area contributed by atoms with Crippen LogP contribution in [0.2, 0.25) is 0 Å². The van der Waals surface area contributed by atoms with Crippen LogP contribution in [-0.4, -0.2) is 25.9 Å². The molecule has 0 unspecified atom stereocenters. The highest BCUT2D eigenvalue weighted by Crippen LogP contribution is 2.26. The number of carbonyl (C=O) groups is 1. The van der Waals surface area contributed by atoms with Crippen molar-refractivity contribution < 1.29 is 13.2 Å². The Morgan fingerprint density at radius 1 is 0.903 bits per heavy atom. The molecule has 0 saturated carbocycles. The lowest BCUT2D eigenvalue weighted by Crippen LogP contribution is -2.31. The van der Waals surface area contributed by atoms with Gasteiger partial charge in [0.1, 0.15) is 4.90 Å². The third-order valence-electron chi connectivity index (χ3n) is 4.92. The van der Waals surface area contributed by atoms with Crippen molar-refractivity contribution in [1.82, 2.24) is 4.98 Å². The molecule has 1 heterocycles. The molecule has 31 heavy (non-hydrogen) atoms. The molecule has 0 aliphatic rings. The van der Waals surface area contributed by atoms with Gasteiger partial charge in [-0.15, -0.1) is 0 Å². The van der Waals surface area contributed by atoms with Gasteiger partial charge in [0, 0.05) is 23.8 Å². The number of amides is 1. The number of hydrogen-bond acceptors (Lipinski definition) is 4. The highest BCUT2D eigenvalue weighted by atomic mass is 32.2. The third kappa shape index (κ3) is 4.13. The summed E-state index contributed by atoms with van der Waals surface area (Å²) in [6, 6.07) is 24.4. The lowest BCUT2D eigenvalue weighted by atomic mass is 10.1. The molecular weight excluding hydrogens is 410 g/mol. The molecule has 0 aliphatic carbocycles. The molecule has 1 N–H and O–H groups in total. The van der Waals surface area contributed by atoms with Gasteiger partial charge >= 0.3 is 0 Å². The molecule has 0 fully saturated rings. The number of aromatic nitrogens is 1. The van der Waals surface area contributed by atoms with E-state index in [1.807, 2.05) is 37.3 Å². The van der Waals surface area contributed by atoms with E-state index in [0.29, 0.717) is 12.1 Å². The smallest absolute Gasteiger partial charge is 0.264 e. The fraction of sp³-hybridized carbons (Fsp3) is 0.0833. The second-order valence-electron chi connectivity index (χ2n) is 6.87. The molecule has 0 radical (unpaired) electrons. The SMILES string of the molecule is CCN(C(=O)c1ccccc1NS(=O)(=O)c1cccc2cccnc12)c1ccccc1. The van der Waals surface area contributed by atoms with Crippen LogP contribution in [0.3, 0.4) is 0 Å². The molecule has 1 amide bonds. The Bertz CT molecular complexity index is 1330. The number of carbonyl (C=O) groups excluding carboxylic acids is 1. The van der Waals surface area contributed by atoms with Crippen molar-refractivity contribution in [2.75, 3.05) is 16.2 Å². The minimum absolute atomic E-state index is 0.0586. The van der Waals surface area contributed by atoms with Gasteiger partial charge in [0.2, 0.25) is 0 Å². The first-order valence-electron chi connectivity index (χ1n) is 9.84. The molecule has 0 spiro atoms. The molecule has 3 aromatic carbocycles. The van der Waals surface area contributed by atoms with Crippen molar-refractivity contribution in [1.29, 1.82) is 0 Å². The zero-order valence-electron chi connectivity index (χ0n) is 16.9. The summed E-state index contributed by atoms with van der Waals surface area (Å²) in [5, 5.41) is 0.718. The summed E-state index contributed by atoms with van der Waals surface area (Å²) < 4.78 is 29.0. The Hall–Kier alpha value is -3.71. The zero-order valence-corrected chi connectivity index (χ0v) is 17.7. The number of nitrogens with one attached hydrogen (secondary N) is 1. The molecule has 0 saturated heterocycles. The normalized spacial score (nSPS) is 11.3. The van der Waals surface area contributed by atoms with Gasteiger partial charge < -0.3 is 4.90 Å². The maximum Gasteiger partial charge on any atom is 0.264 e. The monoisotopic (exact) mass is 431 g/mol. The van der Waals surface area contributed by atoms with Crippen LogP contribution in [-0.2, 0) is 10.0 Å². The lowest BCUT2D eigenvalue weighted by molar-refractivity contribution is 0.0989. The summed E-state index contributed by atoms with van der Waals surface area (Å²) in [7, 11) is -3.98. The van der Waals surface area contributed by atoms with Crippen molar-refractivity contribution in [3.63, 3.8) is 0 Å². The minimum Gasteiger partial charge on any atom is -0.309 e. The van der Waals surface area contributed by atoms with Gasteiger partial charge in [-0.25, -0.2) is 8.42 Å². The van der Waals surface area contributed by atoms with E-state index in [-0.39, 0.29) is 22.1 Å². The molecule has 6 nitrogen and oxygen atoms in total. The Morgan fingerprint density at radius 2 is 1.61 bits per heavy atom. The minimum atomic E-state index is -3.98. The van der Waals surface area contributed by atoms with Crippen LogP contribution in [0.4, 0.5) is 11.4 Å². The van der Waals surface area contributed by atoms with Gasteiger partial charge in [0.05, 0.1) is 16.8 Å². The van der Waals surface area contributed by atoms with Crippen LogP contribution >= 0.6 is 0 Å². The lowest BCUT2D eigenvalue weighted by Gasteiger charge is -2.22. The fourth-order valence-corrected chi connectivity index (χ4v) is 4.71. The van der Waals surface area contributed by atoms with Gasteiger partial charge in [0.15, 0.2) is 0 Å². The van der Waals surface area contributed by atoms with E-state index in [1.54, 1.807) is 59.6 Å². The average Bonchev–Trinajstić information content (AvgIpc) is 2.80. The van der Waals surface area contributed by atoms with Gasteiger partial charge in [-0.2, -0.15) is 0 Å². The molecule has 4 aromatic rings. The average molecular weight is 432 g/mol. The maximum atomic E-state index is 13.3. The van der Waals surface area contributed by atoms with Gasteiger partial charge in [-0.1, -0.05) is 48.5 Å². The Labute approximate surface area is 181 Å². The van der Waals surface area contributed by atoms with E-state index < -0.39 is 10.0 Å². The Morgan fingerprint density at radius 3 is 2.39 bits per heavy atom. The van der Waals surface area contributed by atoms with Gasteiger partial charge in [-0.3, -0.25) is 14.5 Å². The van der Waals surface area contributed by atoms with Crippen molar-refractivity contribution >= 4 is 38.2 Å². The van der Waals surface area contributed by atoms with Crippen LogP contribution in [0, 0.1) is 0 Å². The number of para-hydroxylation sites is 3. The molecule has 0 atom stereocenters. The fourth-order valence-electron chi connectivity index (χ4n) is 3.45. The van der Waals surface area contributed by atoms with E-state index >= 15 is 0 Å². The van der Waals surface area contributed by atoms with Crippen molar-refractivity contribution in [3.8, 4) is 0 Å². The van der Waals surface area contributed by atoms with Crippen molar-refractivity contribution in [3.05, 3.63) is 96.7 Å². The summed E-state index contributed by atoms with van der Waals surface area (Å²) >= 11 is 0. The highest BCUT2D eigenvalue weighted by Gasteiger charge is 2.23. The molecule has 7 heteroatoms. The second-order valence-corrected chi connectivity index (χ2v) is 8.52. The van der Waals surface area contributed by atoms with E-state index in [1.165, 1.54) is 6.07 Å². The molecule has 1 aromatic heterocycles. The predicted octanol–water partition coefficient (Wildman–Crippen LogP) is 4.70. The van der Waals surface area contributed by atoms with E-state index in [2.05, 4.69) is 9.71 Å². The first kappa shape index (κ1) is 20.6. The zero-order chi connectivity index (χ0) is 21.8. The number of fused-ring (bicyclic) bond motifs is 1. The van der Waals surface area contributed by atoms with E-state index in [0.717, 1.165) is 11.1 Å². The molecule has 4 rings (SSSR count). The molecule has 156 valence electrons. The van der Waals surface area contributed by atoms with Crippen LogP contribution in [0.5, 0.6) is 0 Å². The van der Waals surface area contributed by atoms with E-state index in [9.17, 15) is 13.2 Å². The Balaban J connectivity index is 1.73. The van der Waals surface area contributed by atoms with Crippen LogP contribution in [0.1, 0.15) is 17.3 Å². The third-order valence-corrected chi connectivity index (χ3v) is 6.31. The van der Waals surface area contributed by atoms with Crippen molar-refractivity contribution in [2.24, 2.45) is 0 Å². The number of sulfonamides is 1. The Kier molecular flexibility index (Phi) is 5.68. The summed E-state index contributed by atoms with van der Waals surface area (Å²) in [5.41, 5.74) is 1.60. The number of benzene rings is 3. The number of hydrogen-bond donors (Lipinski definition) is 1. The summed E-state index contributed by atoms with van der Waals surface area (Å²) in [6.07, 6.45) is 1.55. The highest BCUT2D eigenvalue weighted by molar-refractivity contribution is 7.93. The second kappa shape index (κ2) is 8.57. The first-order valence-corrected chi connectivity index (χ1v) is 11.3. The quantitative estimate of drug-likeness (QED) is 0.480. The van der Waals surface area contributed by atoms with Crippen LogP contribution in [0.25, 0.3) is 10.9 Å². The number of rotatable bonds is 6. The largest absolute Gasteiger partial charge is 0.309 e. The van der Waals surface area contributed by atoms with Crippen LogP contribution < -0.4 is 9.62 Å². The number of nitrogens with zero attached hydrogens (tertiary/aromatic N) is 2. The summed E-state index contributed by atoms with van der Waals surface area (Å²) in [4.78, 5) is 19.2. The van der Waals surface area contributed by atoms with Crippen molar-refractivity contribution in [2.45, 2.75) is 11.8 Å². The molecular formula is C24H21N3O3S. The molecule has 0 aliphatic heterocycles. The number of pyridine rings is 1. The first-order chi connectivity index (χ1) is 15.0. The van der Waals surface area contributed by atoms with Crippen LogP contribution in [0.15, 0.2) is 96.0 Å². The van der Waals surface area contributed by atoms with Gasteiger partial charge in [0.25, 0.3) is 15.9 Å². The topological polar surface area (TPSA) is 79.4 Å². The maximum absolute atomic E-state index is 13.3. The van der Waals surface area contributed by atoms with Gasteiger partial charge in [-0.05, 0) is 43.3 Å². The standard InChI is InChI=1S/C24H21N3O3S/c1-2-27(19-12-4-3-5-13-19)24(28)20-14-6-7-15-21(20)26-31(29,30)22-16-8-10-18-11-9-17-25-23(18)22/h3-17,26H,2H2,1H3. The van der Waals surface area contributed by atoms with E-state index in [4.69, 9.17) is 0 Å². The summed E-state index contributed by atoms with van der Waals surface area (Å²) in [5.74, 6) is -0.289. The summed E-state index contributed by atoms with van der Waals surface area (Å²) in [6.45, 7) is 2.32. The molecule has 0 bridgehead atoms. The predicted molar refractivity (Wildman–Crippen MR) is 123 cm³/mol.